The Balaban J connectivity index is 1.12. The second-order valence-corrected chi connectivity index (χ2v) is 10.6. The van der Waals surface area contributed by atoms with Crippen molar-refractivity contribution < 1.29 is 14.3 Å². The number of hydrogen-bond donors (Lipinski definition) is 1. The number of anilines is 1. The number of amides is 1. The molecule has 4 heterocycles. The van der Waals surface area contributed by atoms with Gasteiger partial charge < -0.3 is 20.1 Å². The van der Waals surface area contributed by atoms with E-state index in [1.54, 1.807) is 7.11 Å². The van der Waals surface area contributed by atoms with E-state index in [1.165, 1.54) is 6.33 Å². The second kappa shape index (κ2) is 11.6. The molecule has 208 valence electrons. The van der Waals surface area contributed by atoms with E-state index in [0.29, 0.717) is 37.0 Å². The lowest BCUT2D eigenvalue weighted by atomic mass is 9.94. The van der Waals surface area contributed by atoms with Crippen LogP contribution in [0.15, 0.2) is 60.9 Å². The second-order valence-electron chi connectivity index (χ2n) is 10.6. The van der Waals surface area contributed by atoms with E-state index in [1.807, 2.05) is 64.2 Å². The number of carbonyl (C=O) groups excluding carboxylic acids is 1. The molecule has 2 aliphatic rings. The Hall–Kier alpha value is -4.02. The van der Waals surface area contributed by atoms with E-state index in [-0.39, 0.29) is 11.9 Å². The summed E-state index contributed by atoms with van der Waals surface area (Å²) >= 11 is 0. The molecule has 4 aromatic rings. The number of carbonyl (C=O) groups is 1. The lowest BCUT2D eigenvalue weighted by molar-refractivity contribution is -0.138. The predicted molar refractivity (Wildman–Crippen MR) is 153 cm³/mol. The number of fused-ring (bicyclic) bond motifs is 1. The molecule has 1 amide bonds. The van der Waals surface area contributed by atoms with Gasteiger partial charge >= 0.3 is 0 Å². The first-order valence-corrected chi connectivity index (χ1v) is 13.9. The number of rotatable bonds is 9. The van der Waals surface area contributed by atoms with Crippen molar-refractivity contribution in [2.24, 2.45) is 5.92 Å². The van der Waals surface area contributed by atoms with Gasteiger partial charge in [-0.15, -0.1) is 0 Å². The lowest BCUT2D eigenvalue weighted by Crippen LogP contribution is -2.54. The summed E-state index contributed by atoms with van der Waals surface area (Å²) in [7, 11) is 1.75. The van der Waals surface area contributed by atoms with Crippen LogP contribution in [0, 0.1) is 5.92 Å². The molecule has 10 heteroatoms. The topological polar surface area (TPSA) is 112 Å². The monoisotopic (exact) mass is 541 g/mol. The van der Waals surface area contributed by atoms with Gasteiger partial charge in [-0.05, 0) is 74.7 Å². The molecule has 0 spiro atoms. The summed E-state index contributed by atoms with van der Waals surface area (Å²) in [5.41, 5.74) is 8.61. The fourth-order valence-corrected chi connectivity index (χ4v) is 5.58. The summed E-state index contributed by atoms with van der Waals surface area (Å²) in [5, 5.41) is 5.66. The minimum Gasteiger partial charge on any atom is -0.457 e. The number of nitrogens with zero attached hydrogens (tertiary/aromatic N) is 6. The van der Waals surface area contributed by atoms with Crippen molar-refractivity contribution in [1.82, 2.24) is 29.5 Å². The number of likely N-dealkylation sites (tertiary alicyclic amines) is 2. The first-order chi connectivity index (χ1) is 19.6. The number of ether oxygens (including phenoxy) is 2. The molecule has 0 bridgehead atoms. The van der Waals surface area contributed by atoms with Crippen LogP contribution in [-0.2, 0) is 9.53 Å². The molecule has 2 aromatic carbocycles. The van der Waals surface area contributed by atoms with Gasteiger partial charge in [0, 0.05) is 32.4 Å². The molecule has 2 aromatic heterocycles. The van der Waals surface area contributed by atoms with Crippen LogP contribution in [0.1, 0.15) is 25.3 Å². The Labute approximate surface area is 233 Å². The number of nitrogen functional groups attached to an aromatic ring is 1. The predicted octanol–water partition coefficient (Wildman–Crippen LogP) is 4.00. The Bertz CT molecular complexity index is 1440. The van der Waals surface area contributed by atoms with Crippen molar-refractivity contribution in [3.8, 4) is 22.8 Å². The van der Waals surface area contributed by atoms with Crippen molar-refractivity contribution in [3.63, 3.8) is 0 Å². The fraction of sp³-hybridized carbons (Fsp3) is 0.400. The maximum atomic E-state index is 13.0. The third-order valence-corrected chi connectivity index (χ3v) is 7.98. The van der Waals surface area contributed by atoms with Crippen molar-refractivity contribution in [1.29, 1.82) is 0 Å². The molecular formula is C30H35N7O3. The number of methoxy groups -OCH3 is 1. The number of nitrogens with two attached hydrogens (primary N) is 1. The van der Waals surface area contributed by atoms with E-state index in [0.717, 1.165) is 67.1 Å². The first kappa shape index (κ1) is 26.2. The molecule has 2 fully saturated rings. The van der Waals surface area contributed by atoms with Crippen LogP contribution >= 0.6 is 0 Å². The zero-order valence-corrected chi connectivity index (χ0v) is 22.8. The summed E-state index contributed by atoms with van der Waals surface area (Å²) in [6, 6.07) is 17.5. The molecular weight excluding hydrogens is 506 g/mol. The van der Waals surface area contributed by atoms with Gasteiger partial charge in [-0.3, -0.25) is 9.69 Å². The quantitative estimate of drug-likeness (QED) is 0.339. The van der Waals surface area contributed by atoms with Gasteiger partial charge in [-0.2, -0.15) is 5.10 Å². The van der Waals surface area contributed by atoms with Gasteiger partial charge in [0.1, 0.15) is 29.3 Å². The average molecular weight is 542 g/mol. The molecule has 0 saturated carbocycles. The van der Waals surface area contributed by atoms with Crippen molar-refractivity contribution in [2.45, 2.75) is 25.3 Å². The number of aromatic nitrogens is 4. The molecule has 10 nitrogen and oxygen atoms in total. The molecule has 0 radical (unpaired) electrons. The Morgan fingerprint density at radius 1 is 1.00 bits per heavy atom. The van der Waals surface area contributed by atoms with E-state index in [9.17, 15) is 4.79 Å². The van der Waals surface area contributed by atoms with Crippen molar-refractivity contribution in [2.75, 3.05) is 52.2 Å². The largest absolute Gasteiger partial charge is 0.457 e. The van der Waals surface area contributed by atoms with E-state index in [4.69, 9.17) is 20.3 Å². The third-order valence-electron chi connectivity index (χ3n) is 7.98. The van der Waals surface area contributed by atoms with Gasteiger partial charge in [-0.1, -0.05) is 18.2 Å². The Kier molecular flexibility index (Phi) is 7.61. The minimum absolute atomic E-state index is 0.0370. The molecule has 0 aliphatic carbocycles. The highest BCUT2D eigenvalue weighted by atomic mass is 16.5. The van der Waals surface area contributed by atoms with Crippen LogP contribution < -0.4 is 10.5 Å². The minimum atomic E-state index is 0.0370. The molecule has 6 rings (SSSR count). The average Bonchev–Trinajstić information content (AvgIpc) is 3.33. The normalized spacial score (nSPS) is 16.8. The third kappa shape index (κ3) is 5.50. The highest BCUT2D eigenvalue weighted by Crippen LogP contribution is 2.35. The van der Waals surface area contributed by atoms with Crippen LogP contribution in [0.25, 0.3) is 22.3 Å². The van der Waals surface area contributed by atoms with Gasteiger partial charge in [0.2, 0.25) is 5.91 Å². The van der Waals surface area contributed by atoms with Crippen LogP contribution in [0.3, 0.4) is 0 Å². The first-order valence-electron chi connectivity index (χ1n) is 13.9. The Morgan fingerprint density at radius 3 is 2.45 bits per heavy atom. The molecule has 2 N–H and O–H groups in total. The van der Waals surface area contributed by atoms with Crippen LogP contribution in [0.2, 0.25) is 0 Å². The van der Waals surface area contributed by atoms with Crippen molar-refractivity contribution >= 4 is 22.8 Å². The van der Waals surface area contributed by atoms with E-state index in [2.05, 4.69) is 14.9 Å². The smallest absolute Gasteiger partial charge is 0.236 e. The highest BCUT2D eigenvalue weighted by Gasteiger charge is 2.35. The maximum Gasteiger partial charge on any atom is 0.236 e. The van der Waals surface area contributed by atoms with Gasteiger partial charge in [0.15, 0.2) is 5.65 Å². The number of piperidine rings is 1. The molecule has 40 heavy (non-hydrogen) atoms. The Morgan fingerprint density at radius 2 is 1.73 bits per heavy atom. The highest BCUT2D eigenvalue weighted by molar-refractivity contribution is 5.98. The molecule has 2 aliphatic heterocycles. The van der Waals surface area contributed by atoms with Gasteiger partial charge in [0.05, 0.1) is 18.0 Å². The summed E-state index contributed by atoms with van der Waals surface area (Å²) < 4.78 is 13.1. The van der Waals surface area contributed by atoms with Gasteiger partial charge in [0.25, 0.3) is 0 Å². The summed E-state index contributed by atoms with van der Waals surface area (Å²) in [5.74, 6) is 2.76. The zero-order chi connectivity index (χ0) is 27.5. The van der Waals surface area contributed by atoms with E-state index < -0.39 is 0 Å². The van der Waals surface area contributed by atoms with Crippen LogP contribution in [-0.4, -0.2) is 81.9 Å². The van der Waals surface area contributed by atoms with Crippen LogP contribution in [0.5, 0.6) is 11.5 Å². The van der Waals surface area contributed by atoms with Crippen molar-refractivity contribution in [3.05, 3.63) is 60.9 Å². The summed E-state index contributed by atoms with van der Waals surface area (Å²) in [6.45, 7) is 4.43. The SMILES string of the molecule is COCCC1CCN(CC(=O)N2CC(n3nc(-c4ccc(Oc5ccccc5)cc4)c4c(N)ncnc43)C2)CC1. The molecule has 0 atom stereocenters. The molecule has 2 saturated heterocycles. The van der Waals surface area contributed by atoms with E-state index >= 15 is 0 Å². The number of para-hydroxylation sites is 1. The van der Waals surface area contributed by atoms with Gasteiger partial charge in [-0.25, -0.2) is 14.6 Å². The van der Waals surface area contributed by atoms with Crippen LogP contribution in [0.4, 0.5) is 5.82 Å². The summed E-state index contributed by atoms with van der Waals surface area (Å²) in [6.07, 6.45) is 4.82. The standard InChI is InChI=1S/C30H35N7O3/c1-39-16-13-21-11-14-35(15-12-21)19-26(38)36-17-23(18-36)37-30-27(29(31)32-20-33-30)28(34-37)22-7-9-25(10-8-22)40-24-5-3-2-4-6-24/h2-10,20-21,23H,11-19H2,1H3,(H2,31,32,33). The lowest BCUT2D eigenvalue weighted by Gasteiger charge is -2.41. The number of benzene rings is 2. The maximum absolute atomic E-state index is 13.0. The summed E-state index contributed by atoms with van der Waals surface area (Å²) in [4.78, 5) is 25.9. The molecule has 0 unspecified atom stereocenters. The number of hydrogen-bond acceptors (Lipinski definition) is 8. The zero-order valence-electron chi connectivity index (χ0n) is 22.8. The fourth-order valence-electron chi connectivity index (χ4n) is 5.58.